The summed E-state index contributed by atoms with van der Waals surface area (Å²) < 4.78 is 1.05. The first-order valence-electron chi connectivity index (χ1n) is 12.0. The summed E-state index contributed by atoms with van der Waals surface area (Å²) in [5, 5.41) is 6.36. The van der Waals surface area contributed by atoms with Crippen molar-refractivity contribution in [1.82, 2.24) is 20.1 Å². The number of benzene rings is 1. The zero-order valence-corrected chi connectivity index (χ0v) is 20.9. The first-order valence-corrected chi connectivity index (χ1v) is 12.8. The molecule has 9 nitrogen and oxygen atoms in total. The van der Waals surface area contributed by atoms with Crippen molar-refractivity contribution in [3.8, 4) is 0 Å². The van der Waals surface area contributed by atoms with Gasteiger partial charge in [-0.1, -0.05) is 43.7 Å². The maximum absolute atomic E-state index is 12.5. The van der Waals surface area contributed by atoms with Crippen molar-refractivity contribution in [3.63, 3.8) is 0 Å². The van der Waals surface area contributed by atoms with E-state index in [9.17, 15) is 14.4 Å². The highest BCUT2D eigenvalue weighted by atomic mass is 32.1. The van der Waals surface area contributed by atoms with Crippen LogP contribution in [-0.2, 0) is 14.4 Å². The predicted octanol–water partition coefficient (Wildman–Crippen LogP) is 2.04. The van der Waals surface area contributed by atoms with E-state index in [1.165, 1.54) is 11.3 Å². The normalized spacial score (nSPS) is 15.5. The van der Waals surface area contributed by atoms with Gasteiger partial charge in [0, 0.05) is 39.1 Å². The second-order valence-corrected chi connectivity index (χ2v) is 10.1. The molecule has 3 amide bonds. The number of carbonyl (C=O) groups is 3. The van der Waals surface area contributed by atoms with Crippen molar-refractivity contribution in [2.75, 3.05) is 44.6 Å². The third-order valence-corrected chi connectivity index (χ3v) is 6.97. The molecule has 1 atom stereocenters. The number of nitrogens with two attached hydrogens (primary N) is 1. The zero-order chi connectivity index (χ0) is 24.5. The summed E-state index contributed by atoms with van der Waals surface area (Å²) in [6.07, 6.45) is 3.03. The summed E-state index contributed by atoms with van der Waals surface area (Å²) in [6.45, 7) is 7.37. The van der Waals surface area contributed by atoms with Crippen LogP contribution in [0.1, 0.15) is 39.5 Å². The van der Waals surface area contributed by atoms with Crippen LogP contribution in [0.25, 0.3) is 10.2 Å². The van der Waals surface area contributed by atoms with Crippen LogP contribution in [-0.4, -0.2) is 77.8 Å². The summed E-state index contributed by atoms with van der Waals surface area (Å²) in [5.41, 5.74) is 6.70. The predicted molar refractivity (Wildman–Crippen MR) is 136 cm³/mol. The Hall–Kier alpha value is -2.56. The van der Waals surface area contributed by atoms with Gasteiger partial charge < -0.3 is 21.3 Å². The molecule has 1 aliphatic heterocycles. The molecule has 0 unspecified atom stereocenters. The van der Waals surface area contributed by atoms with Gasteiger partial charge in [0.05, 0.1) is 22.8 Å². The highest BCUT2D eigenvalue weighted by molar-refractivity contribution is 7.22. The fraction of sp³-hybridized carbons (Fsp3) is 0.583. The number of thiazole rings is 1. The van der Waals surface area contributed by atoms with Crippen LogP contribution in [0.2, 0.25) is 0 Å². The molecule has 0 saturated carbocycles. The lowest BCUT2D eigenvalue weighted by molar-refractivity contribution is -0.133. The van der Waals surface area contributed by atoms with E-state index >= 15 is 0 Å². The highest BCUT2D eigenvalue weighted by Gasteiger charge is 2.22. The Bertz CT molecular complexity index is 938. The molecule has 1 aliphatic rings. The lowest BCUT2D eigenvalue weighted by Crippen LogP contribution is -2.50. The van der Waals surface area contributed by atoms with Crippen LogP contribution >= 0.6 is 11.3 Å². The average Bonchev–Trinajstić information content (AvgIpc) is 3.22. The van der Waals surface area contributed by atoms with Gasteiger partial charge in [-0.25, -0.2) is 4.98 Å². The smallest absolute Gasteiger partial charge is 0.240 e. The highest BCUT2D eigenvalue weighted by Crippen LogP contribution is 2.25. The van der Waals surface area contributed by atoms with Gasteiger partial charge in [-0.3, -0.25) is 19.3 Å². The van der Waals surface area contributed by atoms with Gasteiger partial charge in [0.25, 0.3) is 0 Å². The second-order valence-electron chi connectivity index (χ2n) is 9.06. The van der Waals surface area contributed by atoms with Gasteiger partial charge in [0.1, 0.15) is 0 Å². The van der Waals surface area contributed by atoms with E-state index in [1.54, 1.807) is 0 Å². The van der Waals surface area contributed by atoms with Crippen molar-refractivity contribution in [1.29, 1.82) is 0 Å². The SMILES string of the molecule is CC(C)[C@@H](N)C(=O)NCCCCCC(=O)N1CCN(CC(=O)Nc2nc3ccccc3s2)CC1. The van der Waals surface area contributed by atoms with E-state index in [2.05, 4.69) is 20.5 Å². The summed E-state index contributed by atoms with van der Waals surface area (Å²) in [5.74, 6) is 0.0773. The first-order chi connectivity index (χ1) is 16.3. The molecule has 0 bridgehead atoms. The van der Waals surface area contributed by atoms with Crippen molar-refractivity contribution in [2.24, 2.45) is 11.7 Å². The molecule has 0 spiro atoms. The summed E-state index contributed by atoms with van der Waals surface area (Å²) >= 11 is 1.47. The molecule has 3 rings (SSSR count). The molecule has 10 heteroatoms. The minimum absolute atomic E-state index is 0.0831. The van der Waals surface area contributed by atoms with E-state index < -0.39 is 6.04 Å². The number of carbonyl (C=O) groups excluding carboxylic acids is 3. The number of rotatable bonds is 11. The number of piperazine rings is 1. The van der Waals surface area contributed by atoms with Crippen LogP contribution in [0.4, 0.5) is 5.13 Å². The molecule has 1 aromatic heterocycles. The third-order valence-electron chi connectivity index (χ3n) is 6.02. The Balaban J connectivity index is 1.27. The summed E-state index contributed by atoms with van der Waals surface area (Å²) in [6, 6.07) is 7.33. The average molecular weight is 489 g/mol. The fourth-order valence-electron chi connectivity index (χ4n) is 3.81. The molecule has 1 fully saturated rings. The Morgan fingerprint density at radius 3 is 2.53 bits per heavy atom. The van der Waals surface area contributed by atoms with Crippen LogP contribution in [0, 0.1) is 5.92 Å². The number of hydrogen-bond donors (Lipinski definition) is 3. The topological polar surface area (TPSA) is 121 Å². The number of unbranched alkanes of at least 4 members (excludes halogenated alkanes) is 2. The van der Waals surface area contributed by atoms with Crippen molar-refractivity contribution < 1.29 is 14.4 Å². The van der Waals surface area contributed by atoms with Crippen molar-refractivity contribution in [2.45, 2.75) is 45.6 Å². The standard InChI is InChI=1S/C24H36N6O3S/c1-17(2)22(25)23(33)26-11-7-3-4-10-21(32)30-14-12-29(13-15-30)16-20(31)28-24-27-18-8-5-6-9-19(18)34-24/h5-6,8-9,17,22H,3-4,7,10-16,25H2,1-2H3,(H,26,33)(H,27,28,31)/t22-/m1/s1. The Morgan fingerprint density at radius 2 is 1.82 bits per heavy atom. The van der Waals surface area contributed by atoms with Gasteiger partial charge in [-0.05, 0) is 30.9 Å². The minimum atomic E-state index is -0.473. The quantitative estimate of drug-likeness (QED) is 0.416. The van der Waals surface area contributed by atoms with E-state index in [0.29, 0.717) is 50.8 Å². The number of hydrogen-bond acceptors (Lipinski definition) is 7. The summed E-state index contributed by atoms with van der Waals surface area (Å²) in [7, 11) is 0. The van der Waals surface area contributed by atoms with Crippen molar-refractivity contribution in [3.05, 3.63) is 24.3 Å². The number of nitrogens with zero attached hydrogens (tertiary/aromatic N) is 3. The maximum Gasteiger partial charge on any atom is 0.240 e. The molecule has 34 heavy (non-hydrogen) atoms. The van der Waals surface area contributed by atoms with E-state index in [0.717, 1.165) is 29.5 Å². The number of aromatic nitrogens is 1. The number of fused-ring (bicyclic) bond motifs is 1. The largest absolute Gasteiger partial charge is 0.355 e. The minimum Gasteiger partial charge on any atom is -0.355 e. The molecule has 4 N–H and O–H groups in total. The van der Waals surface area contributed by atoms with Gasteiger partial charge in [-0.15, -0.1) is 0 Å². The van der Waals surface area contributed by atoms with Crippen molar-refractivity contribution >= 4 is 44.4 Å². The number of nitrogens with one attached hydrogen (secondary N) is 2. The van der Waals surface area contributed by atoms with Gasteiger partial charge in [-0.2, -0.15) is 0 Å². The molecule has 0 aliphatic carbocycles. The number of amides is 3. The zero-order valence-electron chi connectivity index (χ0n) is 20.1. The van der Waals surface area contributed by atoms with Gasteiger partial charge in [0.15, 0.2) is 5.13 Å². The molecule has 1 saturated heterocycles. The van der Waals surface area contributed by atoms with E-state index in [4.69, 9.17) is 5.73 Å². The maximum atomic E-state index is 12.5. The Labute approximate surface area is 205 Å². The number of para-hydroxylation sites is 1. The molecule has 2 aromatic rings. The Kier molecular flexibility index (Phi) is 9.79. The Morgan fingerprint density at radius 1 is 1.09 bits per heavy atom. The molecule has 1 aromatic carbocycles. The van der Waals surface area contributed by atoms with Crippen LogP contribution < -0.4 is 16.4 Å². The van der Waals surface area contributed by atoms with E-state index in [1.807, 2.05) is 43.0 Å². The monoisotopic (exact) mass is 488 g/mol. The van der Waals surface area contributed by atoms with Crippen LogP contribution in [0.3, 0.4) is 0 Å². The first kappa shape index (κ1) is 26.1. The van der Waals surface area contributed by atoms with Crippen LogP contribution in [0.5, 0.6) is 0 Å². The lowest BCUT2D eigenvalue weighted by atomic mass is 10.1. The summed E-state index contributed by atoms with van der Waals surface area (Å²) in [4.78, 5) is 45.1. The lowest BCUT2D eigenvalue weighted by Gasteiger charge is -2.34. The molecule has 0 radical (unpaired) electrons. The second kappa shape index (κ2) is 12.8. The molecule has 186 valence electrons. The third kappa shape index (κ3) is 7.75. The molecular weight excluding hydrogens is 452 g/mol. The van der Waals surface area contributed by atoms with E-state index in [-0.39, 0.29) is 23.6 Å². The van der Waals surface area contributed by atoms with Gasteiger partial charge in [0.2, 0.25) is 17.7 Å². The van der Waals surface area contributed by atoms with Gasteiger partial charge >= 0.3 is 0 Å². The fourth-order valence-corrected chi connectivity index (χ4v) is 4.69. The number of anilines is 1. The van der Waals surface area contributed by atoms with Crippen LogP contribution in [0.15, 0.2) is 24.3 Å². The molecule has 2 heterocycles. The molecular formula is C24H36N6O3S.